The Bertz CT molecular complexity index is 638. The van der Waals surface area contributed by atoms with Crippen molar-refractivity contribution in [3.05, 3.63) is 95.1 Å². The van der Waals surface area contributed by atoms with Crippen molar-refractivity contribution in [3.8, 4) is 0 Å². The molecule has 2 aromatic rings. The van der Waals surface area contributed by atoms with Crippen molar-refractivity contribution in [1.29, 1.82) is 0 Å². The molecular formula is C22H24Pt. The van der Waals surface area contributed by atoms with Crippen molar-refractivity contribution in [1.82, 2.24) is 0 Å². The zero-order valence-electron chi connectivity index (χ0n) is 13.5. The van der Waals surface area contributed by atoms with E-state index in [-0.39, 0.29) is 21.1 Å². The molecule has 2 aromatic carbocycles. The zero-order valence-corrected chi connectivity index (χ0v) is 15.8. The third-order valence-electron chi connectivity index (χ3n) is 4.37. The van der Waals surface area contributed by atoms with E-state index in [2.05, 4.69) is 72.8 Å². The number of hydrogen-bond acceptors (Lipinski definition) is 0. The summed E-state index contributed by atoms with van der Waals surface area (Å²) in [5.41, 5.74) is 5.98. The molecule has 0 saturated carbocycles. The van der Waals surface area contributed by atoms with E-state index >= 15 is 0 Å². The number of hydrogen-bond donors (Lipinski definition) is 0. The van der Waals surface area contributed by atoms with E-state index in [1.807, 2.05) is 0 Å². The summed E-state index contributed by atoms with van der Waals surface area (Å²) >= 11 is 0. The summed E-state index contributed by atoms with van der Waals surface area (Å²) in [4.78, 5) is 0. The first kappa shape index (κ1) is 18.0. The summed E-state index contributed by atoms with van der Waals surface area (Å²) in [7, 11) is 0. The van der Waals surface area contributed by atoms with Crippen LogP contribution in [0.1, 0.15) is 36.8 Å². The quantitative estimate of drug-likeness (QED) is 0.508. The average molecular weight is 484 g/mol. The van der Waals surface area contributed by atoms with Crippen LogP contribution >= 0.6 is 0 Å². The maximum Gasteiger partial charge on any atom is 0 e. The van der Waals surface area contributed by atoms with Crippen molar-refractivity contribution < 1.29 is 21.1 Å². The van der Waals surface area contributed by atoms with E-state index in [1.54, 1.807) is 5.57 Å². The van der Waals surface area contributed by atoms with Crippen molar-refractivity contribution in [2.45, 2.75) is 38.5 Å². The normalized spacial score (nSPS) is 14.8. The summed E-state index contributed by atoms with van der Waals surface area (Å²) in [5, 5.41) is 0. The molecule has 0 aromatic heterocycles. The smallest absolute Gasteiger partial charge is 0 e. The first-order valence-corrected chi connectivity index (χ1v) is 8.37. The molecule has 122 valence electrons. The Hall–Kier alpha value is -1.39. The van der Waals surface area contributed by atoms with Crippen LogP contribution in [0.5, 0.6) is 0 Å². The molecule has 23 heavy (non-hydrogen) atoms. The topological polar surface area (TPSA) is 0 Å². The Labute approximate surface area is 154 Å². The monoisotopic (exact) mass is 483 g/mol. The fourth-order valence-electron chi connectivity index (χ4n) is 3.15. The van der Waals surface area contributed by atoms with Crippen molar-refractivity contribution in [2.75, 3.05) is 0 Å². The predicted molar refractivity (Wildman–Crippen MR) is 94.9 cm³/mol. The minimum atomic E-state index is 0. The molecule has 0 radical (unpaired) electrons. The molecule has 1 aliphatic carbocycles. The second kappa shape index (κ2) is 9.68. The van der Waals surface area contributed by atoms with Gasteiger partial charge in [0.05, 0.1) is 0 Å². The van der Waals surface area contributed by atoms with E-state index in [0.29, 0.717) is 0 Å². The van der Waals surface area contributed by atoms with Crippen LogP contribution < -0.4 is 0 Å². The molecule has 3 rings (SSSR count). The van der Waals surface area contributed by atoms with Gasteiger partial charge in [-0.15, -0.1) is 0 Å². The summed E-state index contributed by atoms with van der Waals surface area (Å²) in [6.07, 6.45) is 12.0. The summed E-state index contributed by atoms with van der Waals surface area (Å²) in [5.74, 6) is 0. The van der Waals surface area contributed by atoms with Crippen LogP contribution in [0, 0.1) is 0 Å². The van der Waals surface area contributed by atoms with Crippen LogP contribution in [-0.2, 0) is 33.9 Å². The maximum absolute atomic E-state index is 2.38. The van der Waals surface area contributed by atoms with Gasteiger partial charge < -0.3 is 0 Å². The van der Waals surface area contributed by atoms with Gasteiger partial charge in [-0.2, -0.15) is 0 Å². The molecule has 0 saturated heterocycles. The van der Waals surface area contributed by atoms with E-state index < -0.39 is 0 Å². The third kappa shape index (κ3) is 5.63. The minimum Gasteiger partial charge on any atom is -0.0843 e. The van der Waals surface area contributed by atoms with Crippen LogP contribution in [0.2, 0.25) is 0 Å². The molecule has 1 aliphatic rings. The van der Waals surface area contributed by atoms with Gasteiger partial charge in [-0.25, -0.2) is 0 Å². The molecule has 0 unspecified atom stereocenters. The molecule has 0 nitrogen and oxygen atoms in total. The number of rotatable bonds is 4. The summed E-state index contributed by atoms with van der Waals surface area (Å²) < 4.78 is 0. The van der Waals surface area contributed by atoms with Crippen molar-refractivity contribution >= 4 is 0 Å². The molecule has 0 bridgehead atoms. The molecule has 0 N–H and O–H groups in total. The van der Waals surface area contributed by atoms with E-state index in [4.69, 9.17) is 0 Å². The fraction of sp³-hybridized carbons (Fsp3) is 0.273. The van der Waals surface area contributed by atoms with Crippen LogP contribution in [0.3, 0.4) is 0 Å². The summed E-state index contributed by atoms with van der Waals surface area (Å²) in [6.45, 7) is 0. The fourth-order valence-corrected chi connectivity index (χ4v) is 3.15. The molecule has 0 fully saturated rings. The van der Waals surface area contributed by atoms with Gasteiger partial charge >= 0.3 is 0 Å². The molecule has 1 heteroatoms. The van der Waals surface area contributed by atoms with Crippen LogP contribution in [0.15, 0.2) is 84.0 Å². The van der Waals surface area contributed by atoms with Gasteiger partial charge in [0.1, 0.15) is 0 Å². The van der Waals surface area contributed by atoms with Gasteiger partial charge in [0.25, 0.3) is 0 Å². The number of allylic oxidation sites excluding steroid dienone is 4. The summed E-state index contributed by atoms with van der Waals surface area (Å²) in [6, 6.07) is 21.7. The second-order valence-corrected chi connectivity index (χ2v) is 6.10. The van der Waals surface area contributed by atoms with Gasteiger partial charge in [-0.3, -0.25) is 0 Å². The molecule has 0 aliphatic heterocycles. The van der Waals surface area contributed by atoms with Gasteiger partial charge in [0.15, 0.2) is 0 Å². The molecular weight excluding hydrogens is 459 g/mol. The van der Waals surface area contributed by atoms with Crippen molar-refractivity contribution in [2.24, 2.45) is 0 Å². The standard InChI is InChI=1S/C22H24.Pt/c1-2-10-16-22(18-20-13-7-4-8-14-20)21(15-9-1)17-19-11-5-3-6-12-19;/h3-9,11-15H,1-2,10,16-18H2;. The second-order valence-electron chi connectivity index (χ2n) is 6.10. The largest absolute Gasteiger partial charge is 0.0843 e. The van der Waals surface area contributed by atoms with Gasteiger partial charge in [0, 0.05) is 21.1 Å². The van der Waals surface area contributed by atoms with E-state index in [1.165, 1.54) is 42.4 Å². The van der Waals surface area contributed by atoms with Gasteiger partial charge in [-0.05, 0) is 55.2 Å². The molecule has 0 heterocycles. The predicted octanol–water partition coefficient (Wildman–Crippen LogP) is 5.90. The average Bonchev–Trinajstić information content (AvgIpc) is 2.55. The Morgan fingerprint density at radius 1 is 0.696 bits per heavy atom. The molecule has 0 amide bonds. The zero-order chi connectivity index (χ0) is 15.0. The van der Waals surface area contributed by atoms with E-state index in [9.17, 15) is 0 Å². The molecule has 0 atom stereocenters. The van der Waals surface area contributed by atoms with Gasteiger partial charge in [0.2, 0.25) is 0 Å². The van der Waals surface area contributed by atoms with Crippen LogP contribution in [0.4, 0.5) is 0 Å². The van der Waals surface area contributed by atoms with Gasteiger partial charge in [-0.1, -0.05) is 78.4 Å². The Kier molecular flexibility index (Phi) is 7.56. The Morgan fingerprint density at radius 3 is 1.96 bits per heavy atom. The van der Waals surface area contributed by atoms with Crippen LogP contribution in [0.25, 0.3) is 0 Å². The maximum atomic E-state index is 2.38. The van der Waals surface area contributed by atoms with Crippen LogP contribution in [-0.4, -0.2) is 0 Å². The Balaban J connectivity index is 0.00000192. The minimum absolute atomic E-state index is 0. The molecule has 0 spiro atoms. The third-order valence-corrected chi connectivity index (χ3v) is 4.37. The number of benzene rings is 2. The first-order chi connectivity index (χ1) is 10.9. The van der Waals surface area contributed by atoms with Crippen molar-refractivity contribution in [3.63, 3.8) is 0 Å². The van der Waals surface area contributed by atoms with E-state index in [0.717, 1.165) is 12.8 Å². The Morgan fingerprint density at radius 2 is 1.30 bits per heavy atom. The first-order valence-electron chi connectivity index (χ1n) is 8.37. The SMILES string of the molecule is C1=CC(Cc2ccccc2)=C(Cc2ccccc2)CCCC1.[Pt].